The Morgan fingerprint density at radius 2 is 2.25 bits per heavy atom. The fourth-order valence-corrected chi connectivity index (χ4v) is 2.66. The Kier molecular flexibility index (Phi) is 2.20. The predicted molar refractivity (Wildman–Crippen MR) is 52.0 cm³/mol. The van der Waals surface area contributed by atoms with Crippen LogP contribution in [-0.2, 0) is 4.74 Å². The molecule has 0 saturated carbocycles. The number of rotatable bonds is 2. The summed E-state index contributed by atoms with van der Waals surface area (Å²) in [4.78, 5) is 1.55. The lowest BCUT2D eigenvalue weighted by Crippen LogP contribution is -2.25. The maximum Gasteiger partial charge on any atom is 0.0565 e. The molecule has 1 fully saturated rings. The molecule has 0 aliphatic carbocycles. The maximum atomic E-state index is 5.20. The van der Waals surface area contributed by atoms with E-state index in [9.17, 15) is 0 Å². The van der Waals surface area contributed by atoms with Gasteiger partial charge in [0.25, 0.3) is 0 Å². The topological polar surface area (TPSA) is 9.23 Å². The Morgan fingerprint density at radius 3 is 2.75 bits per heavy atom. The summed E-state index contributed by atoms with van der Waals surface area (Å²) < 4.78 is 5.20. The first-order valence-corrected chi connectivity index (χ1v) is 5.32. The van der Waals surface area contributed by atoms with Crippen molar-refractivity contribution in [2.45, 2.75) is 25.7 Å². The normalized spacial score (nSPS) is 18.2. The summed E-state index contributed by atoms with van der Waals surface area (Å²) in [5.74, 6) is 1.36. The van der Waals surface area contributed by atoms with Gasteiger partial charge in [-0.05, 0) is 22.9 Å². The van der Waals surface area contributed by atoms with E-state index >= 15 is 0 Å². The van der Waals surface area contributed by atoms with Gasteiger partial charge < -0.3 is 4.74 Å². The van der Waals surface area contributed by atoms with E-state index in [1.165, 1.54) is 5.56 Å². The van der Waals surface area contributed by atoms with Crippen LogP contribution in [0.15, 0.2) is 11.4 Å². The van der Waals surface area contributed by atoms with Gasteiger partial charge in [0, 0.05) is 10.8 Å². The molecule has 1 aromatic heterocycles. The van der Waals surface area contributed by atoms with Crippen molar-refractivity contribution in [3.05, 3.63) is 21.9 Å². The van der Waals surface area contributed by atoms with E-state index in [2.05, 4.69) is 25.3 Å². The van der Waals surface area contributed by atoms with Crippen LogP contribution in [0.2, 0.25) is 0 Å². The van der Waals surface area contributed by atoms with Crippen molar-refractivity contribution < 1.29 is 4.74 Å². The van der Waals surface area contributed by atoms with E-state index in [1.54, 1.807) is 4.88 Å². The van der Waals surface area contributed by atoms with E-state index in [4.69, 9.17) is 4.74 Å². The minimum absolute atomic E-state index is 0.659. The van der Waals surface area contributed by atoms with Crippen LogP contribution in [0.5, 0.6) is 0 Å². The number of hydrogen-bond acceptors (Lipinski definition) is 2. The van der Waals surface area contributed by atoms with Gasteiger partial charge in [0.05, 0.1) is 13.2 Å². The summed E-state index contributed by atoms with van der Waals surface area (Å²) in [5, 5.41) is 2.20. The molecule has 2 rings (SSSR count). The van der Waals surface area contributed by atoms with Crippen molar-refractivity contribution in [3.8, 4) is 0 Å². The largest absolute Gasteiger partial charge is 0.380 e. The van der Waals surface area contributed by atoms with Crippen LogP contribution in [0.1, 0.15) is 36.1 Å². The van der Waals surface area contributed by atoms with E-state index < -0.39 is 0 Å². The molecule has 66 valence electrons. The third kappa shape index (κ3) is 1.29. The Hall–Kier alpha value is -0.340. The van der Waals surface area contributed by atoms with E-state index in [-0.39, 0.29) is 0 Å². The average molecular weight is 182 g/mol. The lowest BCUT2D eigenvalue weighted by molar-refractivity contribution is 0.00949. The Balaban J connectivity index is 2.23. The zero-order valence-corrected chi connectivity index (χ0v) is 8.36. The van der Waals surface area contributed by atoms with Crippen LogP contribution in [0, 0.1) is 0 Å². The summed E-state index contributed by atoms with van der Waals surface area (Å²) >= 11 is 1.88. The van der Waals surface area contributed by atoms with Gasteiger partial charge in [0.15, 0.2) is 0 Å². The first-order chi connectivity index (χ1) is 5.79. The third-order valence-corrected chi connectivity index (χ3v) is 3.45. The average Bonchev–Trinajstić information content (AvgIpc) is 2.31. The molecule has 0 bridgehead atoms. The minimum Gasteiger partial charge on any atom is -0.380 e. The van der Waals surface area contributed by atoms with Crippen molar-refractivity contribution in [1.29, 1.82) is 0 Å². The van der Waals surface area contributed by atoms with Crippen molar-refractivity contribution in [2.75, 3.05) is 13.2 Å². The van der Waals surface area contributed by atoms with Gasteiger partial charge in [0.1, 0.15) is 0 Å². The van der Waals surface area contributed by atoms with Gasteiger partial charge in [-0.3, -0.25) is 0 Å². The Labute approximate surface area is 77.4 Å². The second kappa shape index (κ2) is 3.19. The van der Waals surface area contributed by atoms with Gasteiger partial charge in [-0.1, -0.05) is 13.8 Å². The standard InChI is InChI=1S/C10H14OS/c1-7(2)9-3-4-12-10(9)8-5-11-6-8/h3-4,7-8H,5-6H2,1-2H3. The molecule has 2 heterocycles. The first kappa shape index (κ1) is 8.27. The fourth-order valence-electron chi connectivity index (χ4n) is 1.53. The molecule has 12 heavy (non-hydrogen) atoms. The van der Waals surface area contributed by atoms with Crippen molar-refractivity contribution >= 4 is 11.3 Å². The highest BCUT2D eigenvalue weighted by Crippen LogP contribution is 2.34. The maximum absolute atomic E-state index is 5.20. The smallest absolute Gasteiger partial charge is 0.0565 e. The molecule has 1 nitrogen and oxygen atoms in total. The minimum atomic E-state index is 0.659. The van der Waals surface area contributed by atoms with Crippen molar-refractivity contribution in [1.82, 2.24) is 0 Å². The molecule has 1 aliphatic heterocycles. The SMILES string of the molecule is CC(C)c1ccsc1C1COC1. The zero-order chi connectivity index (χ0) is 8.55. The highest BCUT2D eigenvalue weighted by Gasteiger charge is 2.24. The quantitative estimate of drug-likeness (QED) is 0.683. The molecule has 0 spiro atoms. The van der Waals surface area contributed by atoms with E-state index in [0.29, 0.717) is 11.8 Å². The molecule has 1 saturated heterocycles. The Morgan fingerprint density at radius 1 is 1.50 bits per heavy atom. The molecule has 0 unspecified atom stereocenters. The molecule has 0 amide bonds. The molecule has 1 aliphatic rings. The van der Waals surface area contributed by atoms with Crippen LogP contribution < -0.4 is 0 Å². The molecule has 2 heteroatoms. The highest BCUT2D eigenvalue weighted by molar-refractivity contribution is 7.10. The second-order valence-electron chi connectivity index (χ2n) is 3.63. The first-order valence-electron chi connectivity index (χ1n) is 4.44. The number of hydrogen-bond donors (Lipinski definition) is 0. The van der Waals surface area contributed by atoms with Gasteiger partial charge in [-0.2, -0.15) is 0 Å². The monoisotopic (exact) mass is 182 g/mol. The Bertz CT molecular complexity index is 261. The van der Waals surface area contributed by atoms with Gasteiger partial charge in [-0.25, -0.2) is 0 Å². The van der Waals surface area contributed by atoms with Gasteiger partial charge in [0.2, 0.25) is 0 Å². The molecule has 1 aromatic rings. The van der Waals surface area contributed by atoms with Crippen molar-refractivity contribution in [2.24, 2.45) is 0 Å². The predicted octanol–water partition coefficient (Wildman–Crippen LogP) is 2.99. The number of thiophene rings is 1. The molecular formula is C10H14OS. The van der Waals surface area contributed by atoms with Crippen LogP contribution >= 0.6 is 11.3 Å². The lowest BCUT2D eigenvalue weighted by Gasteiger charge is -2.26. The zero-order valence-electron chi connectivity index (χ0n) is 7.54. The van der Waals surface area contributed by atoms with E-state index in [1.807, 2.05) is 11.3 Å². The molecule has 0 radical (unpaired) electrons. The number of ether oxygens (including phenoxy) is 1. The summed E-state index contributed by atoms with van der Waals surface area (Å²) in [7, 11) is 0. The molecule has 0 atom stereocenters. The van der Waals surface area contributed by atoms with Crippen molar-refractivity contribution in [3.63, 3.8) is 0 Å². The van der Waals surface area contributed by atoms with Crippen LogP contribution in [0.4, 0.5) is 0 Å². The molecule has 0 aromatic carbocycles. The summed E-state index contributed by atoms with van der Waals surface area (Å²) in [6.07, 6.45) is 0. The third-order valence-electron chi connectivity index (χ3n) is 2.36. The second-order valence-corrected chi connectivity index (χ2v) is 4.58. The van der Waals surface area contributed by atoms with E-state index in [0.717, 1.165) is 13.2 Å². The summed E-state index contributed by atoms with van der Waals surface area (Å²) in [5.41, 5.74) is 1.52. The van der Waals surface area contributed by atoms with Crippen LogP contribution in [0.25, 0.3) is 0 Å². The van der Waals surface area contributed by atoms with Gasteiger partial charge >= 0.3 is 0 Å². The van der Waals surface area contributed by atoms with Crippen LogP contribution in [-0.4, -0.2) is 13.2 Å². The molecule has 0 N–H and O–H groups in total. The highest BCUT2D eigenvalue weighted by atomic mass is 32.1. The lowest BCUT2D eigenvalue weighted by atomic mass is 9.96. The van der Waals surface area contributed by atoms with Crippen LogP contribution in [0.3, 0.4) is 0 Å². The summed E-state index contributed by atoms with van der Waals surface area (Å²) in [6.45, 7) is 6.37. The van der Waals surface area contributed by atoms with Gasteiger partial charge in [-0.15, -0.1) is 11.3 Å². The summed E-state index contributed by atoms with van der Waals surface area (Å²) in [6, 6.07) is 2.25. The molecular weight excluding hydrogens is 168 g/mol. The fraction of sp³-hybridized carbons (Fsp3) is 0.600.